The first-order valence-corrected chi connectivity index (χ1v) is 5.67. The topological polar surface area (TPSA) is 0 Å². The quantitative estimate of drug-likeness (QED) is 0.307. The molecule has 0 aliphatic heterocycles. The van der Waals surface area contributed by atoms with Gasteiger partial charge in [0.25, 0.3) is 0 Å². The normalized spacial score (nSPS) is 11.6. The van der Waals surface area contributed by atoms with Crippen LogP contribution in [0.15, 0.2) is 12.1 Å². The van der Waals surface area contributed by atoms with Crippen LogP contribution in [0.2, 0.25) is 0 Å². The molecule has 0 nitrogen and oxygen atoms in total. The first-order valence-electron chi connectivity index (χ1n) is 5.67. The van der Waals surface area contributed by atoms with Gasteiger partial charge in [0.15, 0.2) is 34.9 Å². The zero-order valence-corrected chi connectivity index (χ0v) is 10.2. The second-order valence-corrected chi connectivity index (χ2v) is 4.44. The van der Waals surface area contributed by atoms with E-state index in [9.17, 15) is 35.1 Å². The predicted molar refractivity (Wildman–Crippen MR) is 61.1 cm³/mol. The van der Waals surface area contributed by atoms with Crippen LogP contribution >= 0.6 is 0 Å². The van der Waals surface area contributed by atoms with Crippen LogP contribution in [0, 0.1) is 46.5 Å². The van der Waals surface area contributed by atoms with E-state index in [-0.39, 0.29) is 12.1 Å². The molecule has 0 bridgehead atoms. The van der Waals surface area contributed by atoms with Gasteiger partial charge in [0.05, 0.1) is 10.8 Å². The van der Waals surface area contributed by atoms with Crippen LogP contribution in [0.5, 0.6) is 0 Å². The summed E-state index contributed by atoms with van der Waals surface area (Å²) in [5.41, 5.74) is 0. The molecule has 0 saturated heterocycles. The highest BCUT2D eigenvalue weighted by molar-refractivity contribution is 6.09. The van der Waals surface area contributed by atoms with E-state index in [1.165, 1.54) is 0 Å². The molecule has 114 valence electrons. The fourth-order valence-corrected chi connectivity index (χ4v) is 2.31. The van der Waals surface area contributed by atoms with Gasteiger partial charge in [-0.05, 0) is 0 Å². The van der Waals surface area contributed by atoms with Crippen molar-refractivity contribution in [3.63, 3.8) is 0 Å². The molecule has 0 amide bonds. The second-order valence-electron chi connectivity index (χ2n) is 4.44. The predicted octanol–water partition coefficient (Wildman–Crippen LogP) is 5.11. The van der Waals surface area contributed by atoms with Crippen LogP contribution in [0.25, 0.3) is 21.5 Å². The summed E-state index contributed by atoms with van der Waals surface area (Å²) in [6, 6.07) is -0.168. The fraction of sp³-hybridized carbons (Fsp3) is 0. The van der Waals surface area contributed by atoms with Gasteiger partial charge in [-0.25, -0.2) is 35.1 Å². The van der Waals surface area contributed by atoms with Crippen molar-refractivity contribution in [3.05, 3.63) is 58.7 Å². The average Bonchev–Trinajstić information content (AvgIpc) is 2.44. The van der Waals surface area contributed by atoms with Crippen molar-refractivity contribution in [1.82, 2.24) is 0 Å². The van der Waals surface area contributed by atoms with Gasteiger partial charge >= 0.3 is 0 Å². The van der Waals surface area contributed by atoms with Gasteiger partial charge in [-0.1, -0.05) is 0 Å². The monoisotopic (exact) mass is 322 g/mol. The maximum atomic E-state index is 13.8. The fourth-order valence-electron chi connectivity index (χ4n) is 2.31. The molecule has 0 unspecified atom stereocenters. The minimum atomic E-state index is -2.04. The van der Waals surface area contributed by atoms with E-state index < -0.39 is 68.1 Å². The van der Waals surface area contributed by atoms with Crippen LogP contribution < -0.4 is 0 Å². The van der Waals surface area contributed by atoms with E-state index in [1.54, 1.807) is 0 Å². The molecule has 0 aromatic heterocycles. The summed E-state index contributed by atoms with van der Waals surface area (Å²) in [6.45, 7) is 0. The third-order valence-corrected chi connectivity index (χ3v) is 3.22. The Balaban J connectivity index is 2.84. The second kappa shape index (κ2) is 4.56. The Morgan fingerprint density at radius 2 is 0.682 bits per heavy atom. The zero-order valence-electron chi connectivity index (χ0n) is 10.2. The number of fused-ring (bicyclic) bond motifs is 3. The van der Waals surface area contributed by atoms with Gasteiger partial charge in [-0.2, -0.15) is 0 Å². The highest BCUT2D eigenvalue weighted by atomic mass is 19.2. The molecule has 0 saturated carbocycles. The van der Waals surface area contributed by atoms with E-state index in [4.69, 9.17) is 0 Å². The van der Waals surface area contributed by atoms with Crippen molar-refractivity contribution in [3.8, 4) is 0 Å². The van der Waals surface area contributed by atoms with Crippen LogP contribution in [-0.2, 0) is 0 Å². The molecule has 3 rings (SSSR count). The molecular formula is C14H2F8. The van der Waals surface area contributed by atoms with E-state index in [1.807, 2.05) is 0 Å². The average molecular weight is 322 g/mol. The highest BCUT2D eigenvalue weighted by Crippen LogP contribution is 2.38. The van der Waals surface area contributed by atoms with Crippen LogP contribution in [0.3, 0.4) is 0 Å². The Bertz CT molecular complexity index is 882. The van der Waals surface area contributed by atoms with Gasteiger partial charge < -0.3 is 0 Å². The van der Waals surface area contributed by atoms with Crippen molar-refractivity contribution < 1.29 is 35.1 Å². The number of hydrogen-bond donors (Lipinski definition) is 0. The molecule has 3 aromatic carbocycles. The summed E-state index contributed by atoms with van der Waals surface area (Å²) in [5.74, 6) is -15.2. The molecule has 0 fully saturated rings. The molecule has 0 aliphatic rings. The number of benzene rings is 3. The van der Waals surface area contributed by atoms with E-state index in [2.05, 4.69) is 0 Å². The summed E-state index contributed by atoms with van der Waals surface area (Å²) >= 11 is 0. The summed E-state index contributed by atoms with van der Waals surface area (Å²) in [5, 5.41) is -5.70. The Labute approximate surface area is 116 Å². The molecule has 22 heavy (non-hydrogen) atoms. The van der Waals surface area contributed by atoms with Crippen molar-refractivity contribution in [2.75, 3.05) is 0 Å². The van der Waals surface area contributed by atoms with E-state index in [0.29, 0.717) is 0 Å². The summed E-state index contributed by atoms with van der Waals surface area (Å²) < 4.78 is 109. The summed E-state index contributed by atoms with van der Waals surface area (Å²) in [6.07, 6.45) is 0. The zero-order chi connectivity index (χ0) is 16.3. The van der Waals surface area contributed by atoms with Gasteiger partial charge in [0.1, 0.15) is 11.6 Å². The number of rotatable bonds is 0. The Kier molecular flexibility index (Phi) is 3.01. The lowest BCUT2D eigenvalue weighted by molar-refractivity contribution is 0.487. The van der Waals surface area contributed by atoms with E-state index >= 15 is 0 Å². The van der Waals surface area contributed by atoms with Crippen LogP contribution in [-0.4, -0.2) is 0 Å². The molecule has 8 heteroatoms. The molecule has 0 N–H and O–H groups in total. The first kappa shape index (κ1) is 14.6. The van der Waals surface area contributed by atoms with Gasteiger partial charge in [-0.15, -0.1) is 0 Å². The number of halogens is 8. The third kappa shape index (κ3) is 1.69. The lowest BCUT2D eigenvalue weighted by Gasteiger charge is -2.11. The van der Waals surface area contributed by atoms with Gasteiger partial charge in [0.2, 0.25) is 0 Å². The Hall–Kier alpha value is -2.38. The molecule has 0 heterocycles. The molecule has 3 aromatic rings. The molecule has 0 aliphatic carbocycles. The first-order chi connectivity index (χ1) is 10.3. The molecular weight excluding hydrogens is 320 g/mol. The van der Waals surface area contributed by atoms with Gasteiger partial charge in [-0.3, -0.25) is 0 Å². The van der Waals surface area contributed by atoms with Crippen molar-refractivity contribution >= 4 is 21.5 Å². The minimum Gasteiger partial charge on any atom is -0.206 e. The van der Waals surface area contributed by atoms with Gasteiger partial charge in [0, 0.05) is 22.9 Å². The largest absolute Gasteiger partial charge is 0.206 e. The maximum Gasteiger partial charge on any atom is 0.170 e. The summed E-state index contributed by atoms with van der Waals surface area (Å²) in [7, 11) is 0. The molecule has 0 radical (unpaired) electrons. The third-order valence-electron chi connectivity index (χ3n) is 3.22. The number of hydrogen-bond acceptors (Lipinski definition) is 0. The highest BCUT2D eigenvalue weighted by Gasteiger charge is 2.28. The van der Waals surface area contributed by atoms with Crippen LogP contribution in [0.1, 0.15) is 0 Å². The minimum absolute atomic E-state index is 0.0838. The SMILES string of the molecule is Fc1cc(F)c2c(F)c(F)c3c(F)cc(F)c(F)c3c2c1F. The van der Waals surface area contributed by atoms with Crippen molar-refractivity contribution in [1.29, 1.82) is 0 Å². The van der Waals surface area contributed by atoms with Crippen molar-refractivity contribution in [2.45, 2.75) is 0 Å². The summed E-state index contributed by atoms with van der Waals surface area (Å²) in [4.78, 5) is 0. The molecule has 0 atom stereocenters. The Morgan fingerprint density at radius 3 is 1.00 bits per heavy atom. The standard InChI is InChI=1S/C14H2F8/c15-3-1-5(17)11(19)9-7(3)13(21)14(22)8-4(16)2-6(18)12(20)10(8)9/h1-2H. The van der Waals surface area contributed by atoms with Crippen molar-refractivity contribution in [2.24, 2.45) is 0 Å². The lowest BCUT2D eigenvalue weighted by atomic mass is 9.98. The molecule has 0 spiro atoms. The van der Waals surface area contributed by atoms with E-state index in [0.717, 1.165) is 0 Å². The van der Waals surface area contributed by atoms with Crippen LogP contribution in [0.4, 0.5) is 35.1 Å². The lowest BCUT2D eigenvalue weighted by Crippen LogP contribution is -2.02. The Morgan fingerprint density at radius 1 is 0.364 bits per heavy atom. The maximum absolute atomic E-state index is 13.8. The smallest absolute Gasteiger partial charge is 0.170 e.